The van der Waals surface area contributed by atoms with Crippen molar-refractivity contribution in [3.8, 4) is 11.5 Å². The Hall–Kier alpha value is -2.11. The van der Waals surface area contributed by atoms with E-state index in [9.17, 15) is 4.79 Å². The Kier molecular flexibility index (Phi) is 4.24. The van der Waals surface area contributed by atoms with Crippen LogP contribution in [0.2, 0.25) is 10.0 Å². The Bertz CT molecular complexity index is 931. The van der Waals surface area contributed by atoms with Crippen LogP contribution in [-0.4, -0.2) is 14.8 Å². The van der Waals surface area contributed by atoms with Gasteiger partial charge in [-0.2, -0.15) is 5.10 Å². The zero-order chi connectivity index (χ0) is 16.6. The van der Waals surface area contributed by atoms with Gasteiger partial charge in [0, 0.05) is 5.56 Å². The third kappa shape index (κ3) is 3.16. The molecular formula is C16H13Cl2N3O2. The Morgan fingerprint density at radius 3 is 2.78 bits per heavy atom. The van der Waals surface area contributed by atoms with Crippen LogP contribution in [-0.2, 0) is 6.54 Å². The molecule has 23 heavy (non-hydrogen) atoms. The molecule has 0 saturated heterocycles. The first-order chi connectivity index (χ1) is 11.0. The molecule has 0 aliphatic heterocycles. The Morgan fingerprint density at radius 1 is 1.26 bits per heavy atom. The zero-order valence-electron chi connectivity index (χ0n) is 12.5. The summed E-state index contributed by atoms with van der Waals surface area (Å²) in [5.41, 5.74) is 3.27. The van der Waals surface area contributed by atoms with E-state index >= 15 is 0 Å². The van der Waals surface area contributed by atoms with Crippen LogP contribution in [0.4, 0.5) is 0 Å². The second-order valence-electron chi connectivity index (χ2n) is 5.23. The molecule has 2 aromatic heterocycles. The molecular weight excluding hydrogens is 337 g/mol. The highest BCUT2D eigenvalue weighted by Crippen LogP contribution is 2.23. The van der Waals surface area contributed by atoms with Gasteiger partial charge in [0.25, 0.3) is 5.56 Å². The molecule has 0 aliphatic rings. The molecule has 0 unspecified atom stereocenters. The highest BCUT2D eigenvalue weighted by Gasteiger charge is 2.12. The molecule has 2 heterocycles. The van der Waals surface area contributed by atoms with Crippen LogP contribution in [0.15, 0.2) is 39.9 Å². The number of hydrogen-bond donors (Lipinski definition) is 0. The van der Waals surface area contributed by atoms with Crippen LogP contribution in [0.5, 0.6) is 0 Å². The van der Waals surface area contributed by atoms with Crippen molar-refractivity contribution in [3.63, 3.8) is 0 Å². The number of nitrogens with zero attached hydrogens (tertiary/aromatic N) is 3. The minimum atomic E-state index is -0.463. The largest absolute Gasteiger partial charge is 0.444 e. The molecule has 0 bridgehead atoms. The summed E-state index contributed by atoms with van der Waals surface area (Å²) >= 11 is 11.6. The summed E-state index contributed by atoms with van der Waals surface area (Å²) in [6.07, 6.45) is 2.83. The molecule has 3 rings (SSSR count). The van der Waals surface area contributed by atoms with E-state index in [1.165, 1.54) is 22.7 Å². The fourth-order valence-electron chi connectivity index (χ4n) is 2.27. The van der Waals surface area contributed by atoms with Crippen LogP contribution in [0.25, 0.3) is 11.5 Å². The number of aromatic nitrogens is 3. The number of benzene rings is 1. The summed E-state index contributed by atoms with van der Waals surface area (Å²) in [6.45, 7) is 4.18. The fraction of sp³-hybridized carbons (Fsp3) is 0.188. The molecule has 118 valence electrons. The van der Waals surface area contributed by atoms with E-state index in [2.05, 4.69) is 16.1 Å². The fourth-order valence-corrected chi connectivity index (χ4v) is 2.54. The summed E-state index contributed by atoms with van der Waals surface area (Å²) in [4.78, 5) is 16.4. The van der Waals surface area contributed by atoms with Gasteiger partial charge in [-0.15, -0.1) is 0 Å². The molecule has 0 saturated carbocycles. The number of oxazole rings is 1. The van der Waals surface area contributed by atoms with Crippen LogP contribution in [0.1, 0.15) is 16.8 Å². The highest BCUT2D eigenvalue weighted by atomic mass is 35.5. The van der Waals surface area contributed by atoms with E-state index < -0.39 is 5.56 Å². The normalized spacial score (nSPS) is 11.0. The van der Waals surface area contributed by atoms with Gasteiger partial charge in [0.05, 0.1) is 17.8 Å². The molecule has 5 nitrogen and oxygen atoms in total. The molecule has 0 aliphatic carbocycles. The first-order valence-electron chi connectivity index (χ1n) is 6.89. The van der Waals surface area contributed by atoms with E-state index in [-0.39, 0.29) is 16.6 Å². The molecule has 7 heteroatoms. The molecule has 0 N–H and O–H groups in total. The molecule has 0 spiro atoms. The number of rotatable bonds is 3. The van der Waals surface area contributed by atoms with Gasteiger partial charge in [0.2, 0.25) is 5.89 Å². The van der Waals surface area contributed by atoms with Crippen LogP contribution in [0, 0.1) is 13.8 Å². The lowest BCUT2D eigenvalue weighted by atomic mass is 10.1. The maximum atomic E-state index is 12.0. The van der Waals surface area contributed by atoms with E-state index in [1.807, 2.05) is 26.0 Å². The maximum Gasteiger partial charge on any atom is 0.287 e. The first-order valence-corrected chi connectivity index (χ1v) is 7.64. The molecule has 0 atom stereocenters. The lowest BCUT2D eigenvalue weighted by Crippen LogP contribution is -2.23. The molecule has 0 fully saturated rings. The zero-order valence-corrected chi connectivity index (χ0v) is 14.0. The smallest absolute Gasteiger partial charge is 0.287 e. The summed E-state index contributed by atoms with van der Waals surface area (Å²) < 4.78 is 6.72. The maximum absolute atomic E-state index is 12.0. The van der Waals surface area contributed by atoms with Crippen LogP contribution >= 0.6 is 23.2 Å². The van der Waals surface area contributed by atoms with E-state index in [0.717, 1.165) is 11.1 Å². The predicted octanol–water partition coefficient (Wildman–Crippen LogP) is 3.87. The van der Waals surface area contributed by atoms with Gasteiger partial charge >= 0.3 is 0 Å². The molecule has 3 aromatic rings. The van der Waals surface area contributed by atoms with Gasteiger partial charge in [-0.1, -0.05) is 40.9 Å². The minimum Gasteiger partial charge on any atom is -0.444 e. The van der Waals surface area contributed by atoms with Gasteiger partial charge < -0.3 is 4.42 Å². The summed E-state index contributed by atoms with van der Waals surface area (Å²) in [5, 5.41) is 4.02. The lowest BCUT2D eigenvalue weighted by molar-refractivity contribution is 0.567. The topological polar surface area (TPSA) is 60.9 Å². The highest BCUT2D eigenvalue weighted by molar-refractivity contribution is 6.41. The molecule has 0 amide bonds. The minimum absolute atomic E-state index is 0.0558. The van der Waals surface area contributed by atoms with Crippen molar-refractivity contribution in [3.05, 3.63) is 67.9 Å². The standard InChI is InChI=1S/C16H13Cl2N3O2/c1-9-3-4-12(10(2)5-9)15-20-11(8-23-15)7-21-16(22)14(18)13(17)6-19-21/h3-6,8H,7H2,1-2H3. The van der Waals surface area contributed by atoms with Gasteiger partial charge in [-0.3, -0.25) is 4.79 Å². The average Bonchev–Trinajstić information content (AvgIpc) is 2.96. The van der Waals surface area contributed by atoms with E-state index in [4.69, 9.17) is 27.6 Å². The van der Waals surface area contributed by atoms with Crippen molar-refractivity contribution in [2.75, 3.05) is 0 Å². The first kappa shape index (κ1) is 15.8. The van der Waals surface area contributed by atoms with Crippen LogP contribution < -0.4 is 5.56 Å². The number of aryl methyl sites for hydroxylation is 2. The molecule has 1 aromatic carbocycles. The Balaban J connectivity index is 1.91. The summed E-state index contributed by atoms with van der Waals surface area (Å²) in [5.74, 6) is 0.505. The Morgan fingerprint density at radius 2 is 2.04 bits per heavy atom. The lowest BCUT2D eigenvalue weighted by Gasteiger charge is -2.03. The third-order valence-electron chi connectivity index (χ3n) is 3.42. The van der Waals surface area contributed by atoms with Crippen molar-refractivity contribution < 1.29 is 4.42 Å². The van der Waals surface area contributed by atoms with Crippen molar-refractivity contribution in [1.82, 2.24) is 14.8 Å². The quantitative estimate of drug-likeness (QED) is 0.719. The number of halogens is 2. The SMILES string of the molecule is Cc1ccc(-c2nc(Cn3ncc(Cl)c(Cl)c3=O)co2)c(C)c1. The second-order valence-corrected chi connectivity index (χ2v) is 6.02. The monoisotopic (exact) mass is 349 g/mol. The molecule has 0 radical (unpaired) electrons. The van der Waals surface area contributed by atoms with E-state index in [0.29, 0.717) is 11.6 Å². The average molecular weight is 350 g/mol. The van der Waals surface area contributed by atoms with Gasteiger partial charge in [-0.05, 0) is 25.5 Å². The van der Waals surface area contributed by atoms with Gasteiger partial charge in [-0.25, -0.2) is 9.67 Å². The van der Waals surface area contributed by atoms with Crippen molar-refractivity contribution in [1.29, 1.82) is 0 Å². The summed E-state index contributed by atoms with van der Waals surface area (Å²) in [7, 11) is 0. The van der Waals surface area contributed by atoms with Crippen molar-refractivity contribution >= 4 is 23.2 Å². The predicted molar refractivity (Wildman–Crippen MR) is 89.0 cm³/mol. The number of hydrogen-bond acceptors (Lipinski definition) is 4. The van der Waals surface area contributed by atoms with Gasteiger partial charge in [0.1, 0.15) is 17.0 Å². The third-order valence-corrected chi connectivity index (χ3v) is 4.17. The Labute approximate surface area is 142 Å². The van der Waals surface area contributed by atoms with Crippen LogP contribution in [0.3, 0.4) is 0 Å². The summed E-state index contributed by atoms with van der Waals surface area (Å²) in [6, 6.07) is 6.02. The van der Waals surface area contributed by atoms with Crippen molar-refractivity contribution in [2.24, 2.45) is 0 Å². The van der Waals surface area contributed by atoms with E-state index in [1.54, 1.807) is 0 Å². The van der Waals surface area contributed by atoms with Crippen molar-refractivity contribution in [2.45, 2.75) is 20.4 Å². The van der Waals surface area contributed by atoms with Gasteiger partial charge in [0.15, 0.2) is 0 Å². The second kappa shape index (κ2) is 6.18.